The summed E-state index contributed by atoms with van der Waals surface area (Å²) in [6.07, 6.45) is 1.79. The van der Waals surface area contributed by atoms with Crippen LogP contribution in [-0.2, 0) is 0 Å². The average Bonchev–Trinajstić information content (AvgIpc) is 2.43. The minimum absolute atomic E-state index is 0.332. The lowest BCUT2D eigenvalue weighted by Gasteiger charge is -2.11. The number of ketones is 1. The molecule has 0 radical (unpaired) electrons. The Hall–Kier alpha value is -1.11. The molecule has 0 fully saturated rings. The zero-order valence-corrected chi connectivity index (χ0v) is 9.05. The number of fused-ring (bicyclic) bond motifs is 1. The molecule has 0 saturated carbocycles. The zero-order valence-electron chi connectivity index (χ0n) is 9.05. The Kier molecular flexibility index (Phi) is 2.18. The first-order chi connectivity index (χ1) is 6.63. The summed E-state index contributed by atoms with van der Waals surface area (Å²) in [5, 5.41) is 0. The standard InChI is InChI=1S/C13H16O/c1-4-10-7-12(14)11-6-8(2)5-9(3)13(10)11/h5-6,10H,4,7H2,1-3H3. The monoisotopic (exact) mass is 188 g/mol. The smallest absolute Gasteiger partial charge is 0.163 e. The molecule has 0 bridgehead atoms. The Morgan fingerprint density at radius 1 is 1.36 bits per heavy atom. The van der Waals surface area contributed by atoms with Gasteiger partial charge < -0.3 is 0 Å². The summed E-state index contributed by atoms with van der Waals surface area (Å²) in [6, 6.07) is 4.22. The Morgan fingerprint density at radius 3 is 2.71 bits per heavy atom. The van der Waals surface area contributed by atoms with E-state index in [0.29, 0.717) is 11.7 Å². The van der Waals surface area contributed by atoms with E-state index in [1.165, 1.54) is 16.7 Å². The Morgan fingerprint density at radius 2 is 2.07 bits per heavy atom. The molecule has 14 heavy (non-hydrogen) atoms. The van der Waals surface area contributed by atoms with Gasteiger partial charge in [0.05, 0.1) is 0 Å². The summed E-state index contributed by atoms with van der Waals surface area (Å²) in [7, 11) is 0. The SMILES string of the molecule is CCC1CC(=O)c2cc(C)cc(C)c21. The minimum atomic E-state index is 0.332. The van der Waals surface area contributed by atoms with Crippen LogP contribution in [0.4, 0.5) is 0 Å². The van der Waals surface area contributed by atoms with Gasteiger partial charge in [0, 0.05) is 12.0 Å². The zero-order chi connectivity index (χ0) is 10.3. The predicted molar refractivity (Wildman–Crippen MR) is 57.9 cm³/mol. The summed E-state index contributed by atoms with van der Waals surface area (Å²) in [4.78, 5) is 11.7. The van der Waals surface area contributed by atoms with Crippen LogP contribution in [0.5, 0.6) is 0 Å². The molecule has 1 aliphatic carbocycles. The lowest BCUT2D eigenvalue weighted by atomic mass is 9.93. The van der Waals surface area contributed by atoms with Crippen LogP contribution < -0.4 is 0 Å². The van der Waals surface area contributed by atoms with E-state index < -0.39 is 0 Å². The molecule has 1 unspecified atom stereocenters. The molecule has 1 aromatic rings. The van der Waals surface area contributed by atoms with E-state index in [2.05, 4.69) is 26.8 Å². The van der Waals surface area contributed by atoms with Crippen LogP contribution in [0.3, 0.4) is 0 Å². The number of aryl methyl sites for hydroxylation is 2. The van der Waals surface area contributed by atoms with Gasteiger partial charge >= 0.3 is 0 Å². The van der Waals surface area contributed by atoms with Gasteiger partial charge in [0.15, 0.2) is 5.78 Å². The van der Waals surface area contributed by atoms with Gasteiger partial charge in [-0.05, 0) is 43.4 Å². The first kappa shape index (κ1) is 9.45. The summed E-state index contributed by atoms with van der Waals surface area (Å²) in [5.74, 6) is 0.803. The molecular formula is C13H16O. The molecule has 0 N–H and O–H groups in total. The number of hydrogen-bond acceptors (Lipinski definition) is 1. The third-order valence-electron chi connectivity index (χ3n) is 3.16. The van der Waals surface area contributed by atoms with E-state index in [4.69, 9.17) is 0 Å². The normalized spacial score (nSPS) is 19.9. The van der Waals surface area contributed by atoms with Gasteiger partial charge in [-0.1, -0.05) is 18.6 Å². The Bertz CT molecular complexity index is 390. The van der Waals surface area contributed by atoms with Gasteiger partial charge in [0.2, 0.25) is 0 Å². The average molecular weight is 188 g/mol. The lowest BCUT2D eigenvalue weighted by Crippen LogP contribution is -1.95. The molecule has 1 heteroatoms. The maximum Gasteiger partial charge on any atom is 0.163 e. The van der Waals surface area contributed by atoms with E-state index in [1.807, 2.05) is 6.07 Å². The number of hydrogen-bond donors (Lipinski definition) is 0. The molecule has 0 saturated heterocycles. The van der Waals surface area contributed by atoms with Crippen LogP contribution in [0.15, 0.2) is 12.1 Å². The molecule has 74 valence electrons. The second kappa shape index (κ2) is 3.23. The van der Waals surface area contributed by atoms with Crippen molar-refractivity contribution in [2.45, 2.75) is 39.5 Å². The third kappa shape index (κ3) is 1.28. The molecule has 0 aliphatic heterocycles. The van der Waals surface area contributed by atoms with Crippen LogP contribution >= 0.6 is 0 Å². The molecule has 1 aromatic carbocycles. The van der Waals surface area contributed by atoms with Crippen molar-refractivity contribution in [1.29, 1.82) is 0 Å². The topological polar surface area (TPSA) is 17.1 Å². The van der Waals surface area contributed by atoms with Gasteiger partial charge in [-0.2, -0.15) is 0 Å². The summed E-state index contributed by atoms with van der Waals surface area (Å²) < 4.78 is 0. The van der Waals surface area contributed by atoms with E-state index >= 15 is 0 Å². The fourth-order valence-electron chi connectivity index (χ4n) is 2.54. The molecule has 2 rings (SSSR count). The molecule has 1 nitrogen and oxygen atoms in total. The molecule has 0 amide bonds. The quantitative estimate of drug-likeness (QED) is 0.660. The predicted octanol–water partition coefficient (Wildman–Crippen LogP) is 3.38. The largest absolute Gasteiger partial charge is 0.294 e. The van der Waals surface area contributed by atoms with Gasteiger partial charge in [-0.15, -0.1) is 0 Å². The van der Waals surface area contributed by atoms with Crippen molar-refractivity contribution in [3.05, 3.63) is 34.4 Å². The summed E-state index contributed by atoms with van der Waals surface area (Å²) in [6.45, 7) is 6.33. The molecule has 0 spiro atoms. The van der Waals surface area contributed by atoms with Crippen molar-refractivity contribution in [2.24, 2.45) is 0 Å². The highest BCUT2D eigenvalue weighted by atomic mass is 16.1. The lowest BCUT2D eigenvalue weighted by molar-refractivity contribution is 0.0988. The maximum atomic E-state index is 11.7. The molecule has 0 heterocycles. The van der Waals surface area contributed by atoms with E-state index in [0.717, 1.165) is 18.4 Å². The van der Waals surface area contributed by atoms with Crippen molar-refractivity contribution < 1.29 is 4.79 Å². The molecular weight excluding hydrogens is 172 g/mol. The van der Waals surface area contributed by atoms with Crippen molar-refractivity contribution in [3.8, 4) is 0 Å². The van der Waals surface area contributed by atoms with Gasteiger partial charge in [-0.25, -0.2) is 0 Å². The van der Waals surface area contributed by atoms with Crippen LogP contribution in [0.25, 0.3) is 0 Å². The van der Waals surface area contributed by atoms with Crippen LogP contribution in [0, 0.1) is 13.8 Å². The number of carbonyl (C=O) groups is 1. The highest BCUT2D eigenvalue weighted by Crippen LogP contribution is 2.37. The number of rotatable bonds is 1. The van der Waals surface area contributed by atoms with Crippen molar-refractivity contribution in [3.63, 3.8) is 0 Å². The van der Waals surface area contributed by atoms with Crippen molar-refractivity contribution in [2.75, 3.05) is 0 Å². The fourth-order valence-corrected chi connectivity index (χ4v) is 2.54. The maximum absolute atomic E-state index is 11.7. The van der Waals surface area contributed by atoms with Crippen LogP contribution in [0.2, 0.25) is 0 Å². The van der Waals surface area contributed by atoms with Gasteiger partial charge in [0.1, 0.15) is 0 Å². The van der Waals surface area contributed by atoms with Crippen molar-refractivity contribution >= 4 is 5.78 Å². The highest BCUT2D eigenvalue weighted by molar-refractivity contribution is 6.01. The van der Waals surface area contributed by atoms with E-state index in [9.17, 15) is 4.79 Å². The van der Waals surface area contributed by atoms with E-state index in [-0.39, 0.29) is 0 Å². The van der Waals surface area contributed by atoms with E-state index in [1.54, 1.807) is 0 Å². The first-order valence-corrected chi connectivity index (χ1v) is 5.27. The Balaban J connectivity index is 2.62. The first-order valence-electron chi connectivity index (χ1n) is 5.27. The number of Topliss-reactive ketones (excluding diaryl/α,β-unsaturated/α-hetero) is 1. The highest BCUT2D eigenvalue weighted by Gasteiger charge is 2.29. The Labute approximate surface area is 85.1 Å². The molecule has 1 atom stereocenters. The molecule has 1 aliphatic rings. The van der Waals surface area contributed by atoms with Gasteiger partial charge in [-0.3, -0.25) is 4.79 Å². The van der Waals surface area contributed by atoms with Crippen molar-refractivity contribution in [1.82, 2.24) is 0 Å². The fraction of sp³-hybridized carbons (Fsp3) is 0.462. The van der Waals surface area contributed by atoms with Crippen LogP contribution in [-0.4, -0.2) is 5.78 Å². The second-order valence-corrected chi connectivity index (χ2v) is 4.28. The third-order valence-corrected chi connectivity index (χ3v) is 3.16. The van der Waals surface area contributed by atoms with Gasteiger partial charge in [0.25, 0.3) is 0 Å². The minimum Gasteiger partial charge on any atom is -0.294 e. The molecule has 0 aromatic heterocycles. The summed E-state index contributed by atoms with van der Waals surface area (Å²) in [5.41, 5.74) is 4.78. The second-order valence-electron chi connectivity index (χ2n) is 4.28. The summed E-state index contributed by atoms with van der Waals surface area (Å²) >= 11 is 0. The van der Waals surface area contributed by atoms with Crippen LogP contribution in [0.1, 0.15) is 52.7 Å². The number of benzene rings is 1. The number of carbonyl (C=O) groups excluding carboxylic acids is 1.